The summed E-state index contributed by atoms with van der Waals surface area (Å²) in [6.45, 7) is 8.28. The molecular formula is C19H26F3N7. The maximum Gasteiger partial charge on any atom is 0.433 e. The zero-order chi connectivity index (χ0) is 21.3. The van der Waals surface area contributed by atoms with E-state index in [9.17, 15) is 13.2 Å². The van der Waals surface area contributed by atoms with E-state index in [1.165, 1.54) is 0 Å². The summed E-state index contributed by atoms with van der Waals surface area (Å²) in [6, 6.07) is 2.91. The van der Waals surface area contributed by atoms with Gasteiger partial charge in [0, 0.05) is 64.0 Å². The molecule has 158 valence electrons. The van der Waals surface area contributed by atoms with E-state index >= 15 is 0 Å². The topological polar surface area (TPSA) is 61.3 Å². The van der Waals surface area contributed by atoms with Gasteiger partial charge in [0.15, 0.2) is 5.69 Å². The number of aromatic nitrogens is 4. The van der Waals surface area contributed by atoms with Crippen molar-refractivity contribution in [2.24, 2.45) is 0 Å². The summed E-state index contributed by atoms with van der Waals surface area (Å²) >= 11 is 0. The van der Waals surface area contributed by atoms with Crippen molar-refractivity contribution in [2.75, 3.05) is 55.0 Å². The van der Waals surface area contributed by atoms with Crippen molar-refractivity contribution in [1.29, 1.82) is 0 Å². The highest BCUT2D eigenvalue weighted by Crippen LogP contribution is 2.31. The Kier molecular flexibility index (Phi) is 5.81. The molecule has 1 aliphatic heterocycles. The molecule has 2 aromatic heterocycles. The Hall–Kier alpha value is -2.65. The Labute approximate surface area is 168 Å². The molecule has 1 aliphatic rings. The van der Waals surface area contributed by atoms with E-state index in [2.05, 4.69) is 24.8 Å². The van der Waals surface area contributed by atoms with Crippen LogP contribution >= 0.6 is 0 Å². The van der Waals surface area contributed by atoms with Crippen molar-refractivity contribution in [3.8, 4) is 0 Å². The van der Waals surface area contributed by atoms with Crippen LogP contribution in [0.25, 0.3) is 0 Å². The molecule has 7 nitrogen and oxygen atoms in total. The average molecular weight is 409 g/mol. The van der Waals surface area contributed by atoms with Gasteiger partial charge in [-0.05, 0) is 6.92 Å². The maximum absolute atomic E-state index is 13.3. The minimum absolute atomic E-state index is 0.102. The fourth-order valence-electron chi connectivity index (χ4n) is 3.07. The lowest BCUT2D eigenvalue weighted by atomic mass is 10.2. The lowest BCUT2D eigenvalue weighted by Crippen LogP contribution is -2.47. The molecular weight excluding hydrogens is 383 g/mol. The van der Waals surface area contributed by atoms with E-state index in [1.54, 1.807) is 23.9 Å². The number of rotatable bonds is 4. The summed E-state index contributed by atoms with van der Waals surface area (Å²) in [5.74, 6) is 2.19. The van der Waals surface area contributed by atoms with Crippen molar-refractivity contribution in [3.63, 3.8) is 0 Å². The molecule has 0 atom stereocenters. The number of alkyl halides is 3. The minimum Gasteiger partial charge on any atom is -0.363 e. The molecule has 0 aromatic carbocycles. The van der Waals surface area contributed by atoms with E-state index in [0.717, 1.165) is 23.4 Å². The van der Waals surface area contributed by atoms with Gasteiger partial charge in [-0.2, -0.15) is 18.2 Å². The van der Waals surface area contributed by atoms with E-state index in [-0.39, 0.29) is 17.7 Å². The summed E-state index contributed by atoms with van der Waals surface area (Å²) in [7, 11) is 3.32. The van der Waals surface area contributed by atoms with Gasteiger partial charge in [0.2, 0.25) is 5.95 Å². The van der Waals surface area contributed by atoms with Crippen LogP contribution in [0, 0.1) is 6.92 Å². The smallest absolute Gasteiger partial charge is 0.363 e. The lowest BCUT2D eigenvalue weighted by molar-refractivity contribution is -0.141. The molecule has 3 rings (SSSR count). The first-order valence-corrected chi connectivity index (χ1v) is 9.53. The van der Waals surface area contributed by atoms with Gasteiger partial charge in [0.05, 0.1) is 0 Å². The first-order valence-electron chi connectivity index (χ1n) is 9.53. The Morgan fingerprint density at radius 3 is 2.10 bits per heavy atom. The molecule has 0 radical (unpaired) electrons. The highest BCUT2D eigenvalue weighted by Gasteiger charge is 2.35. The van der Waals surface area contributed by atoms with Crippen LogP contribution in [-0.2, 0) is 6.18 Å². The Morgan fingerprint density at radius 2 is 1.55 bits per heavy atom. The second kappa shape index (κ2) is 8.00. The number of hydrogen-bond acceptors (Lipinski definition) is 7. The fourth-order valence-corrected chi connectivity index (χ4v) is 3.07. The largest absolute Gasteiger partial charge is 0.433 e. The van der Waals surface area contributed by atoms with Crippen LogP contribution in [0.2, 0.25) is 0 Å². The average Bonchev–Trinajstić information content (AvgIpc) is 2.66. The van der Waals surface area contributed by atoms with Crippen LogP contribution in [-0.4, -0.2) is 60.2 Å². The van der Waals surface area contributed by atoms with Gasteiger partial charge < -0.3 is 14.7 Å². The van der Waals surface area contributed by atoms with Gasteiger partial charge in [-0.3, -0.25) is 0 Å². The third kappa shape index (κ3) is 4.86. The first kappa shape index (κ1) is 21.1. The Bertz CT molecular complexity index is 859. The Morgan fingerprint density at radius 1 is 0.931 bits per heavy atom. The predicted octanol–water partition coefficient (Wildman–Crippen LogP) is 3.11. The molecule has 2 aromatic rings. The minimum atomic E-state index is -4.52. The molecule has 0 amide bonds. The third-order valence-electron chi connectivity index (χ3n) is 4.71. The Balaban J connectivity index is 1.80. The normalized spacial score (nSPS) is 15.2. The number of nitrogens with zero attached hydrogens (tertiary/aromatic N) is 7. The van der Waals surface area contributed by atoms with Gasteiger partial charge in [0.1, 0.15) is 17.5 Å². The number of aryl methyl sites for hydroxylation is 1. The van der Waals surface area contributed by atoms with Crippen LogP contribution in [0.1, 0.15) is 37.0 Å². The van der Waals surface area contributed by atoms with Gasteiger partial charge in [0.25, 0.3) is 0 Å². The zero-order valence-electron chi connectivity index (χ0n) is 17.3. The van der Waals surface area contributed by atoms with Crippen molar-refractivity contribution in [3.05, 3.63) is 29.3 Å². The highest BCUT2D eigenvalue weighted by atomic mass is 19.4. The standard InChI is InChI=1S/C19H26F3N7/c1-12(2)17-23-13(3)10-16(25-17)28-6-8-29(9-7-28)18-24-14(19(20,21)22)11-15(26-18)27(4)5/h10-12H,6-9H2,1-5H3. The molecule has 10 heteroatoms. The molecule has 0 unspecified atom stereocenters. The SMILES string of the molecule is Cc1cc(N2CCN(c3nc(N(C)C)cc(C(F)(F)F)n3)CC2)nc(C(C)C)n1. The number of piperazine rings is 1. The highest BCUT2D eigenvalue weighted by molar-refractivity contribution is 5.48. The summed E-state index contributed by atoms with van der Waals surface area (Å²) in [5, 5.41) is 0. The fraction of sp³-hybridized carbons (Fsp3) is 0.579. The molecule has 0 saturated carbocycles. The van der Waals surface area contributed by atoms with Gasteiger partial charge >= 0.3 is 6.18 Å². The summed E-state index contributed by atoms with van der Waals surface area (Å²) in [4.78, 5) is 22.7. The monoisotopic (exact) mass is 409 g/mol. The van der Waals surface area contributed by atoms with Crippen LogP contribution in [0.5, 0.6) is 0 Å². The van der Waals surface area contributed by atoms with Crippen LogP contribution < -0.4 is 14.7 Å². The van der Waals surface area contributed by atoms with Crippen molar-refractivity contribution < 1.29 is 13.2 Å². The molecule has 0 bridgehead atoms. The summed E-state index contributed by atoms with van der Waals surface area (Å²) in [5.41, 5.74) is -0.0282. The van der Waals surface area contributed by atoms with Crippen LogP contribution in [0.15, 0.2) is 12.1 Å². The maximum atomic E-state index is 13.3. The molecule has 3 heterocycles. The number of hydrogen-bond donors (Lipinski definition) is 0. The molecule has 0 spiro atoms. The zero-order valence-corrected chi connectivity index (χ0v) is 17.3. The second-order valence-corrected chi connectivity index (χ2v) is 7.66. The molecule has 0 N–H and O–H groups in total. The van der Waals surface area contributed by atoms with Crippen LogP contribution in [0.4, 0.5) is 30.8 Å². The third-order valence-corrected chi connectivity index (χ3v) is 4.71. The number of anilines is 3. The van der Waals surface area contributed by atoms with Crippen LogP contribution in [0.3, 0.4) is 0 Å². The van der Waals surface area contributed by atoms with Crippen molar-refractivity contribution in [1.82, 2.24) is 19.9 Å². The lowest BCUT2D eigenvalue weighted by Gasteiger charge is -2.36. The van der Waals surface area contributed by atoms with E-state index in [0.29, 0.717) is 26.2 Å². The quantitative estimate of drug-likeness (QED) is 0.769. The van der Waals surface area contributed by atoms with Gasteiger partial charge in [-0.15, -0.1) is 0 Å². The number of halogens is 3. The summed E-state index contributed by atoms with van der Waals surface area (Å²) < 4.78 is 39.8. The van der Waals surface area contributed by atoms with E-state index < -0.39 is 11.9 Å². The van der Waals surface area contributed by atoms with Gasteiger partial charge in [-0.1, -0.05) is 13.8 Å². The van der Waals surface area contributed by atoms with E-state index in [1.807, 2.05) is 26.8 Å². The molecule has 0 aliphatic carbocycles. The van der Waals surface area contributed by atoms with Gasteiger partial charge in [-0.25, -0.2) is 15.0 Å². The first-order chi connectivity index (χ1) is 13.5. The molecule has 1 saturated heterocycles. The van der Waals surface area contributed by atoms with Crippen molar-refractivity contribution in [2.45, 2.75) is 32.9 Å². The summed E-state index contributed by atoms with van der Waals surface area (Å²) in [6.07, 6.45) is -4.52. The predicted molar refractivity (Wildman–Crippen MR) is 107 cm³/mol. The van der Waals surface area contributed by atoms with Crippen molar-refractivity contribution >= 4 is 17.6 Å². The van der Waals surface area contributed by atoms with E-state index in [4.69, 9.17) is 0 Å². The second-order valence-electron chi connectivity index (χ2n) is 7.66. The molecule has 29 heavy (non-hydrogen) atoms. The molecule has 1 fully saturated rings.